The fourth-order valence-electron chi connectivity index (χ4n) is 1.09. The van der Waals surface area contributed by atoms with Crippen LogP contribution in [0.2, 0.25) is 0 Å². The first-order valence-electron chi connectivity index (χ1n) is 3.99. The zero-order valence-corrected chi connectivity index (χ0v) is 7.02. The maximum atomic E-state index is 2.30. The normalized spacial score (nSPS) is 17.6. The molecule has 0 N–H and O–H groups in total. The summed E-state index contributed by atoms with van der Waals surface area (Å²) in [6, 6.07) is 0. The Balaban J connectivity index is 2.57. The van der Waals surface area contributed by atoms with Gasteiger partial charge in [0.05, 0.1) is 0 Å². The van der Waals surface area contributed by atoms with Gasteiger partial charge in [-0.05, 0) is 12.3 Å². The highest BCUT2D eigenvalue weighted by Gasteiger charge is 2.07. The monoisotopic (exact) mass is 135 g/mol. The first-order chi connectivity index (χ1) is 4.74. The Bertz CT molecular complexity index is 170. The lowest BCUT2D eigenvalue weighted by molar-refractivity contribution is 0.784. The van der Waals surface area contributed by atoms with Gasteiger partial charge in [0.15, 0.2) is 0 Å². The minimum absolute atomic E-state index is 0.681. The van der Waals surface area contributed by atoms with Gasteiger partial charge in [-0.3, -0.25) is 0 Å². The molecule has 1 aliphatic rings. The highest BCUT2D eigenvalue weighted by Crippen LogP contribution is 2.24. The predicted octanol–water partition coefficient (Wildman–Crippen LogP) is 3.12. The summed E-state index contributed by atoms with van der Waals surface area (Å²) in [5.41, 5.74) is 2.93. The van der Waals surface area contributed by atoms with Gasteiger partial charge in [0.25, 0.3) is 0 Å². The lowest BCUT2D eigenvalue weighted by atomic mass is 10.0. The lowest BCUT2D eigenvalue weighted by Gasteiger charge is -2.02. The first kappa shape index (κ1) is 7.59. The number of hydrogen-bond acceptors (Lipinski definition) is 0. The summed E-state index contributed by atoms with van der Waals surface area (Å²) in [6.07, 6.45) is 7.90. The van der Waals surface area contributed by atoms with Gasteiger partial charge in [-0.2, -0.15) is 0 Å². The third-order valence-corrected chi connectivity index (χ3v) is 1.92. The van der Waals surface area contributed by atoms with Crippen molar-refractivity contribution in [3.05, 3.63) is 29.7 Å². The molecule has 55 valence electrons. The van der Waals surface area contributed by atoms with Gasteiger partial charge >= 0.3 is 0 Å². The van der Waals surface area contributed by atoms with Crippen molar-refractivity contribution in [2.45, 2.75) is 27.2 Å². The van der Waals surface area contributed by atoms with E-state index < -0.39 is 0 Å². The van der Waals surface area contributed by atoms with Crippen molar-refractivity contribution < 1.29 is 0 Å². The van der Waals surface area contributed by atoms with Crippen molar-refractivity contribution in [1.82, 2.24) is 0 Å². The van der Waals surface area contributed by atoms with E-state index in [1.807, 2.05) is 0 Å². The zero-order valence-electron chi connectivity index (χ0n) is 7.02. The molecule has 0 spiro atoms. The van der Waals surface area contributed by atoms with E-state index in [-0.39, 0.29) is 0 Å². The molecule has 0 bridgehead atoms. The fraction of sp³-hybridized carbons (Fsp3) is 0.500. The van der Waals surface area contributed by atoms with Crippen LogP contribution in [0.3, 0.4) is 0 Å². The second-order valence-corrected chi connectivity index (χ2v) is 3.06. The summed E-state index contributed by atoms with van der Waals surface area (Å²) in [7, 11) is 0. The summed E-state index contributed by atoms with van der Waals surface area (Å²) in [5.74, 6) is 0.681. The molecular weight excluding hydrogens is 120 g/mol. The molecule has 0 saturated carbocycles. The predicted molar refractivity (Wildman–Crippen MR) is 45.6 cm³/mol. The third-order valence-electron chi connectivity index (χ3n) is 1.92. The maximum Gasteiger partial charge on any atom is 0.00890 e. The van der Waals surface area contributed by atoms with E-state index in [4.69, 9.17) is 0 Å². The van der Waals surface area contributed by atoms with E-state index in [9.17, 15) is 0 Å². The van der Waals surface area contributed by atoms with Crippen molar-refractivity contribution in [3.63, 3.8) is 0 Å². The van der Waals surface area contributed by atoms with Crippen LogP contribution in [-0.4, -0.2) is 0 Å². The smallest absolute Gasteiger partial charge is 0.00890 e. The number of rotatable bonds is 2. The van der Waals surface area contributed by atoms with Crippen LogP contribution in [-0.2, 0) is 0 Å². The SMILES string of the molecule is CCC1=C[CH]C(C(C)C)=C1. The molecule has 0 nitrogen and oxygen atoms in total. The highest BCUT2D eigenvalue weighted by molar-refractivity contribution is 5.41. The van der Waals surface area contributed by atoms with Crippen molar-refractivity contribution in [2.75, 3.05) is 0 Å². The Morgan fingerprint density at radius 2 is 2.10 bits per heavy atom. The number of hydrogen-bond donors (Lipinski definition) is 0. The van der Waals surface area contributed by atoms with Gasteiger partial charge in [-0.25, -0.2) is 0 Å². The lowest BCUT2D eigenvalue weighted by Crippen LogP contribution is -1.89. The van der Waals surface area contributed by atoms with E-state index in [1.165, 1.54) is 11.1 Å². The van der Waals surface area contributed by atoms with Crippen LogP contribution in [0, 0.1) is 12.3 Å². The molecule has 10 heavy (non-hydrogen) atoms. The second kappa shape index (κ2) is 3.05. The molecule has 0 saturated heterocycles. The second-order valence-electron chi connectivity index (χ2n) is 3.06. The molecule has 0 unspecified atom stereocenters. The van der Waals surface area contributed by atoms with E-state index in [2.05, 4.69) is 39.3 Å². The minimum Gasteiger partial charge on any atom is -0.0732 e. The zero-order chi connectivity index (χ0) is 7.56. The van der Waals surface area contributed by atoms with E-state index >= 15 is 0 Å². The highest BCUT2D eigenvalue weighted by atomic mass is 14.1. The Kier molecular flexibility index (Phi) is 2.31. The summed E-state index contributed by atoms with van der Waals surface area (Å²) in [5, 5.41) is 0. The largest absolute Gasteiger partial charge is 0.0732 e. The topological polar surface area (TPSA) is 0 Å². The summed E-state index contributed by atoms with van der Waals surface area (Å²) < 4.78 is 0. The molecule has 0 heterocycles. The Labute approximate surface area is 63.6 Å². The van der Waals surface area contributed by atoms with Crippen molar-refractivity contribution in [2.24, 2.45) is 5.92 Å². The molecule has 0 aromatic rings. The third kappa shape index (κ3) is 1.50. The Morgan fingerprint density at radius 3 is 2.40 bits per heavy atom. The molecule has 0 amide bonds. The van der Waals surface area contributed by atoms with Crippen LogP contribution in [0.4, 0.5) is 0 Å². The number of allylic oxidation sites excluding steroid dienone is 4. The molecule has 1 radical (unpaired) electrons. The molecular formula is C10H15. The quantitative estimate of drug-likeness (QED) is 0.545. The van der Waals surface area contributed by atoms with Gasteiger partial charge in [0, 0.05) is 6.42 Å². The van der Waals surface area contributed by atoms with Crippen molar-refractivity contribution >= 4 is 0 Å². The molecule has 1 aliphatic carbocycles. The van der Waals surface area contributed by atoms with Crippen molar-refractivity contribution in [1.29, 1.82) is 0 Å². The molecule has 0 atom stereocenters. The van der Waals surface area contributed by atoms with E-state index in [0.29, 0.717) is 5.92 Å². The van der Waals surface area contributed by atoms with Gasteiger partial charge in [-0.1, -0.05) is 44.1 Å². The Morgan fingerprint density at radius 1 is 1.40 bits per heavy atom. The van der Waals surface area contributed by atoms with Crippen LogP contribution < -0.4 is 0 Å². The van der Waals surface area contributed by atoms with Crippen LogP contribution >= 0.6 is 0 Å². The average Bonchev–Trinajstić information content (AvgIpc) is 2.34. The van der Waals surface area contributed by atoms with Gasteiger partial charge in [0.1, 0.15) is 0 Å². The first-order valence-corrected chi connectivity index (χ1v) is 3.99. The molecule has 0 aromatic carbocycles. The molecule has 1 rings (SSSR count). The Hall–Kier alpha value is -0.520. The molecule has 0 aromatic heterocycles. The average molecular weight is 135 g/mol. The molecule has 0 fully saturated rings. The van der Waals surface area contributed by atoms with E-state index in [1.54, 1.807) is 0 Å². The summed E-state index contributed by atoms with van der Waals surface area (Å²) >= 11 is 0. The van der Waals surface area contributed by atoms with Crippen molar-refractivity contribution in [3.8, 4) is 0 Å². The van der Waals surface area contributed by atoms with Gasteiger partial charge in [0.2, 0.25) is 0 Å². The van der Waals surface area contributed by atoms with Crippen LogP contribution in [0.15, 0.2) is 23.3 Å². The van der Waals surface area contributed by atoms with E-state index in [0.717, 1.165) is 6.42 Å². The minimum atomic E-state index is 0.681. The van der Waals surface area contributed by atoms with Gasteiger partial charge < -0.3 is 0 Å². The fourth-order valence-corrected chi connectivity index (χ4v) is 1.09. The van der Waals surface area contributed by atoms with Crippen LogP contribution in [0.25, 0.3) is 0 Å². The molecule has 0 aliphatic heterocycles. The van der Waals surface area contributed by atoms with Gasteiger partial charge in [-0.15, -0.1) is 0 Å². The maximum absolute atomic E-state index is 2.30. The van der Waals surface area contributed by atoms with Crippen LogP contribution in [0.1, 0.15) is 27.2 Å². The van der Waals surface area contributed by atoms with Crippen LogP contribution in [0.5, 0.6) is 0 Å². The standard InChI is InChI=1S/C10H15/c1-4-9-5-6-10(7-9)8(2)3/h5-8H,4H2,1-3H3. The molecule has 0 heteroatoms. The summed E-state index contributed by atoms with van der Waals surface area (Å²) in [6.45, 7) is 6.66. The summed E-state index contributed by atoms with van der Waals surface area (Å²) in [4.78, 5) is 0.